The highest BCUT2D eigenvalue weighted by Crippen LogP contribution is 2.24. The van der Waals surface area contributed by atoms with Gasteiger partial charge in [0.15, 0.2) is 5.76 Å². The molecule has 0 radical (unpaired) electrons. The smallest absolute Gasteiger partial charge is 0.248 e. The van der Waals surface area contributed by atoms with Crippen molar-refractivity contribution in [1.29, 1.82) is 0 Å². The van der Waals surface area contributed by atoms with Crippen molar-refractivity contribution in [3.8, 4) is 17.1 Å². The molecule has 182 valence electrons. The number of amides is 1. The van der Waals surface area contributed by atoms with Gasteiger partial charge in [0.25, 0.3) is 0 Å². The van der Waals surface area contributed by atoms with E-state index in [2.05, 4.69) is 15.3 Å². The molecule has 11 nitrogen and oxygen atoms in total. The molecule has 0 saturated carbocycles. The Labute approximate surface area is 197 Å². The fourth-order valence-corrected chi connectivity index (χ4v) is 5.70. The van der Waals surface area contributed by atoms with E-state index in [0.29, 0.717) is 49.9 Å². The zero-order valence-corrected chi connectivity index (χ0v) is 20.2. The largest absolute Gasteiger partial charge is 0.497 e. The number of carbonyl (C=O) groups is 1. The van der Waals surface area contributed by atoms with Crippen LogP contribution < -0.4 is 4.74 Å². The molecule has 0 atom stereocenters. The van der Waals surface area contributed by atoms with E-state index in [1.54, 1.807) is 25.9 Å². The minimum atomic E-state index is -3.74. The number of carbonyl (C=O) groups excluding carboxylic acids is 1. The molecule has 12 heteroatoms. The summed E-state index contributed by atoms with van der Waals surface area (Å²) < 4.78 is 43.0. The minimum absolute atomic E-state index is 0.0826. The molecule has 0 bridgehead atoms. The van der Waals surface area contributed by atoms with Gasteiger partial charge in [-0.3, -0.25) is 4.79 Å². The molecule has 34 heavy (non-hydrogen) atoms. The van der Waals surface area contributed by atoms with Crippen molar-refractivity contribution >= 4 is 15.9 Å². The van der Waals surface area contributed by atoms with Gasteiger partial charge < -0.3 is 18.7 Å². The molecule has 1 aromatic carbocycles. The first-order valence-electron chi connectivity index (χ1n) is 11.0. The van der Waals surface area contributed by atoms with E-state index >= 15 is 0 Å². The summed E-state index contributed by atoms with van der Waals surface area (Å²) in [6, 6.07) is 7.28. The number of aromatic nitrogens is 3. The molecule has 1 amide bonds. The van der Waals surface area contributed by atoms with E-state index in [0.717, 1.165) is 11.3 Å². The number of sulfonamides is 1. The number of nitrogens with zero attached hydrogens (tertiary/aromatic N) is 5. The second-order valence-corrected chi connectivity index (χ2v) is 9.91. The van der Waals surface area contributed by atoms with Crippen LogP contribution in [0.15, 0.2) is 38.2 Å². The third-order valence-electron chi connectivity index (χ3n) is 5.74. The number of benzene rings is 1. The Bertz CT molecular complexity index is 1230. The highest BCUT2D eigenvalue weighted by Gasteiger charge is 2.32. The van der Waals surface area contributed by atoms with Crippen LogP contribution in [0.4, 0.5) is 0 Å². The fourth-order valence-electron chi connectivity index (χ4n) is 3.94. The van der Waals surface area contributed by atoms with Crippen molar-refractivity contribution in [2.24, 2.45) is 0 Å². The standard InChI is InChI=1S/C22H27N5O6S/c1-15-21(16(2)32-24-15)34(29,30)27-12-4-11-26(13-14-27)20(28)10-9-19-23-22(25-33-19)17-5-7-18(31-3)8-6-17/h5-8H,4,9-14H2,1-3H3. The summed E-state index contributed by atoms with van der Waals surface area (Å²) >= 11 is 0. The van der Waals surface area contributed by atoms with Crippen LogP contribution in [0.2, 0.25) is 0 Å². The van der Waals surface area contributed by atoms with E-state index in [1.165, 1.54) is 4.31 Å². The first-order chi connectivity index (χ1) is 16.3. The summed E-state index contributed by atoms with van der Waals surface area (Å²) in [6.07, 6.45) is 1.04. The van der Waals surface area contributed by atoms with E-state index in [4.69, 9.17) is 13.8 Å². The van der Waals surface area contributed by atoms with Crippen LogP contribution in [0.5, 0.6) is 5.75 Å². The van der Waals surface area contributed by atoms with Crippen LogP contribution in [-0.2, 0) is 21.2 Å². The zero-order valence-electron chi connectivity index (χ0n) is 19.4. The Morgan fingerprint density at radius 2 is 1.82 bits per heavy atom. The Morgan fingerprint density at radius 1 is 1.06 bits per heavy atom. The first kappa shape index (κ1) is 23.9. The van der Waals surface area contributed by atoms with Gasteiger partial charge in [-0.25, -0.2) is 8.42 Å². The van der Waals surface area contributed by atoms with Gasteiger partial charge in [0.1, 0.15) is 16.3 Å². The molecule has 2 aromatic heterocycles. The van der Waals surface area contributed by atoms with Gasteiger partial charge >= 0.3 is 0 Å². The molecule has 0 aliphatic carbocycles. The van der Waals surface area contributed by atoms with Gasteiger partial charge in [-0.1, -0.05) is 10.3 Å². The van der Waals surface area contributed by atoms with E-state index in [-0.39, 0.29) is 29.5 Å². The number of rotatable bonds is 7. The summed E-state index contributed by atoms with van der Waals surface area (Å²) in [5.74, 6) is 1.73. The summed E-state index contributed by atoms with van der Waals surface area (Å²) in [5, 5.41) is 7.74. The lowest BCUT2D eigenvalue weighted by molar-refractivity contribution is -0.131. The third kappa shape index (κ3) is 4.97. The molecule has 0 N–H and O–H groups in total. The Balaban J connectivity index is 1.33. The van der Waals surface area contributed by atoms with Crippen molar-refractivity contribution in [2.75, 3.05) is 33.3 Å². The summed E-state index contributed by atoms with van der Waals surface area (Å²) in [5.41, 5.74) is 1.12. The fraction of sp³-hybridized carbons (Fsp3) is 0.455. The maximum atomic E-state index is 13.1. The normalized spacial score (nSPS) is 15.3. The lowest BCUT2D eigenvalue weighted by atomic mass is 10.2. The van der Waals surface area contributed by atoms with Crippen molar-refractivity contribution in [1.82, 2.24) is 24.5 Å². The Kier molecular flexibility index (Phi) is 6.98. The monoisotopic (exact) mass is 489 g/mol. The number of hydrogen-bond acceptors (Lipinski definition) is 9. The lowest BCUT2D eigenvalue weighted by Crippen LogP contribution is -2.37. The van der Waals surface area contributed by atoms with Crippen molar-refractivity contribution in [3.05, 3.63) is 41.6 Å². The zero-order chi connectivity index (χ0) is 24.3. The summed E-state index contributed by atoms with van der Waals surface area (Å²) in [6.45, 7) is 4.51. The van der Waals surface area contributed by atoms with Crippen LogP contribution in [0, 0.1) is 13.8 Å². The quantitative estimate of drug-likeness (QED) is 0.490. The highest BCUT2D eigenvalue weighted by atomic mass is 32.2. The molecule has 4 rings (SSSR count). The molecule has 1 aliphatic heterocycles. The van der Waals surface area contributed by atoms with Gasteiger partial charge in [-0.05, 0) is 44.5 Å². The molecule has 0 unspecified atom stereocenters. The first-order valence-corrected chi connectivity index (χ1v) is 12.4. The number of methoxy groups -OCH3 is 1. The summed E-state index contributed by atoms with van der Waals surface area (Å²) in [7, 11) is -2.14. The number of hydrogen-bond donors (Lipinski definition) is 0. The second-order valence-electron chi connectivity index (χ2n) is 8.03. The minimum Gasteiger partial charge on any atom is -0.497 e. The molecular weight excluding hydrogens is 462 g/mol. The lowest BCUT2D eigenvalue weighted by Gasteiger charge is -2.21. The van der Waals surface area contributed by atoms with Crippen LogP contribution in [0.1, 0.15) is 30.2 Å². The second kappa shape index (κ2) is 9.94. The Morgan fingerprint density at radius 3 is 2.50 bits per heavy atom. The molecule has 3 heterocycles. The van der Waals surface area contributed by atoms with Crippen LogP contribution in [0.25, 0.3) is 11.4 Å². The van der Waals surface area contributed by atoms with Gasteiger partial charge in [-0.15, -0.1) is 0 Å². The third-order valence-corrected chi connectivity index (χ3v) is 7.89. The maximum absolute atomic E-state index is 13.1. The number of aryl methyl sites for hydroxylation is 3. The molecule has 1 saturated heterocycles. The molecule has 0 spiro atoms. The van der Waals surface area contributed by atoms with Crippen molar-refractivity contribution < 1.29 is 27.0 Å². The van der Waals surface area contributed by atoms with Gasteiger partial charge in [0.05, 0.1) is 7.11 Å². The maximum Gasteiger partial charge on any atom is 0.248 e. The van der Waals surface area contributed by atoms with Gasteiger partial charge in [-0.2, -0.15) is 9.29 Å². The molecule has 1 aliphatic rings. The average molecular weight is 490 g/mol. The van der Waals surface area contributed by atoms with Gasteiger partial charge in [0, 0.05) is 44.6 Å². The predicted molar refractivity (Wildman–Crippen MR) is 121 cm³/mol. The average Bonchev–Trinajstić information content (AvgIpc) is 3.34. The van der Waals surface area contributed by atoms with Crippen LogP contribution in [-0.4, -0.2) is 72.1 Å². The Hall–Kier alpha value is -3.25. The highest BCUT2D eigenvalue weighted by molar-refractivity contribution is 7.89. The molecular formula is C22H27N5O6S. The predicted octanol–water partition coefficient (Wildman–Crippen LogP) is 2.21. The number of ether oxygens (including phenoxy) is 1. The molecule has 1 fully saturated rings. The van der Waals surface area contributed by atoms with Gasteiger partial charge in [0.2, 0.25) is 27.6 Å². The van der Waals surface area contributed by atoms with E-state index in [1.807, 2.05) is 24.3 Å². The summed E-state index contributed by atoms with van der Waals surface area (Å²) in [4.78, 5) is 19.0. The van der Waals surface area contributed by atoms with Crippen LogP contribution in [0.3, 0.4) is 0 Å². The van der Waals surface area contributed by atoms with Crippen molar-refractivity contribution in [3.63, 3.8) is 0 Å². The van der Waals surface area contributed by atoms with E-state index in [9.17, 15) is 13.2 Å². The van der Waals surface area contributed by atoms with Crippen molar-refractivity contribution in [2.45, 2.75) is 38.0 Å². The van der Waals surface area contributed by atoms with Crippen LogP contribution >= 0.6 is 0 Å². The topological polar surface area (TPSA) is 132 Å². The van der Waals surface area contributed by atoms with E-state index < -0.39 is 10.0 Å². The molecule has 3 aromatic rings. The SMILES string of the molecule is COc1ccc(-c2noc(CCC(=O)N3CCCN(S(=O)(=O)c4c(C)noc4C)CC3)n2)cc1.